The quantitative estimate of drug-likeness (QED) is 0.859. The molecule has 1 aromatic rings. The van der Waals surface area contributed by atoms with Gasteiger partial charge in [-0.15, -0.1) is 0 Å². The van der Waals surface area contributed by atoms with Gasteiger partial charge in [0.2, 0.25) is 5.91 Å². The number of pyridine rings is 1. The molecule has 118 valence electrons. The Bertz CT molecular complexity index is 614. The van der Waals surface area contributed by atoms with Crippen LogP contribution in [0.25, 0.3) is 0 Å². The first-order valence-corrected chi connectivity index (χ1v) is 8.11. The number of aromatic nitrogens is 1. The van der Waals surface area contributed by atoms with Crippen LogP contribution in [0, 0.1) is 5.41 Å². The number of carbonyl (C=O) groups excluding carboxylic acids is 1. The normalized spacial score (nSPS) is 13.0. The van der Waals surface area contributed by atoms with Crippen LogP contribution in [0.1, 0.15) is 34.6 Å². The van der Waals surface area contributed by atoms with Gasteiger partial charge in [-0.3, -0.25) is 4.79 Å². The summed E-state index contributed by atoms with van der Waals surface area (Å²) in [5.74, 6) is -0.408. The summed E-state index contributed by atoms with van der Waals surface area (Å²) >= 11 is 0. The Balaban J connectivity index is 2.88. The lowest BCUT2D eigenvalue weighted by Crippen LogP contribution is -2.37. The van der Waals surface area contributed by atoms with Crippen molar-refractivity contribution in [3.05, 3.63) is 18.3 Å². The summed E-state index contributed by atoms with van der Waals surface area (Å²) in [7, 11) is -3.46. The number of rotatable bonds is 5. The second-order valence-corrected chi connectivity index (χ2v) is 9.25. The van der Waals surface area contributed by atoms with E-state index in [1.54, 1.807) is 40.7 Å². The van der Waals surface area contributed by atoms with Gasteiger partial charge in [0.15, 0.2) is 14.9 Å². The summed E-state index contributed by atoms with van der Waals surface area (Å²) in [6.45, 7) is 8.69. The predicted molar refractivity (Wildman–Crippen MR) is 82.6 cm³/mol. The van der Waals surface area contributed by atoms with E-state index in [1.165, 1.54) is 12.3 Å². The van der Waals surface area contributed by atoms with Crippen LogP contribution in [0.3, 0.4) is 0 Å². The third-order valence-electron chi connectivity index (χ3n) is 3.22. The molecule has 0 aliphatic carbocycles. The second kappa shape index (κ2) is 5.63. The molecule has 0 saturated heterocycles. The summed E-state index contributed by atoms with van der Waals surface area (Å²) in [6.07, 6.45) is 1.44. The number of nitrogens with two attached hydrogens (primary N) is 1. The number of nitrogens with zero attached hydrogens (tertiary/aromatic N) is 1. The van der Waals surface area contributed by atoms with E-state index in [0.717, 1.165) is 0 Å². The minimum atomic E-state index is -3.46. The molecule has 1 amide bonds. The van der Waals surface area contributed by atoms with E-state index in [4.69, 9.17) is 5.73 Å². The summed E-state index contributed by atoms with van der Waals surface area (Å²) < 4.78 is 23.6. The van der Waals surface area contributed by atoms with E-state index in [-0.39, 0.29) is 5.03 Å². The Kier molecular flexibility index (Phi) is 4.67. The maximum Gasteiger partial charge on any atom is 0.224 e. The average molecular weight is 313 g/mol. The van der Waals surface area contributed by atoms with Crippen molar-refractivity contribution in [2.24, 2.45) is 11.1 Å². The van der Waals surface area contributed by atoms with Crippen LogP contribution in [-0.4, -0.2) is 30.6 Å². The highest BCUT2D eigenvalue weighted by Crippen LogP contribution is 2.24. The molecule has 0 fully saturated rings. The van der Waals surface area contributed by atoms with Gasteiger partial charge in [-0.25, -0.2) is 13.4 Å². The van der Waals surface area contributed by atoms with Crippen LogP contribution < -0.4 is 11.1 Å². The van der Waals surface area contributed by atoms with Crippen molar-refractivity contribution in [3.63, 3.8) is 0 Å². The maximum atomic E-state index is 12.2. The Morgan fingerprint density at radius 3 is 2.19 bits per heavy atom. The zero-order valence-corrected chi connectivity index (χ0v) is 13.9. The smallest absolute Gasteiger partial charge is 0.224 e. The van der Waals surface area contributed by atoms with Crippen molar-refractivity contribution in [1.29, 1.82) is 0 Å². The molecule has 0 aromatic carbocycles. The lowest BCUT2D eigenvalue weighted by molar-refractivity contribution is -0.125. The molecule has 0 unspecified atom stereocenters. The van der Waals surface area contributed by atoms with Gasteiger partial charge >= 0.3 is 0 Å². The zero-order valence-electron chi connectivity index (χ0n) is 13.1. The van der Waals surface area contributed by atoms with Crippen LogP contribution in [0.5, 0.6) is 0 Å². The van der Waals surface area contributed by atoms with Crippen LogP contribution in [0.2, 0.25) is 0 Å². The van der Waals surface area contributed by atoms with Gasteiger partial charge in [0.05, 0.1) is 22.0 Å². The van der Waals surface area contributed by atoms with Crippen LogP contribution in [0.15, 0.2) is 23.4 Å². The SMILES string of the molecule is CC(C)(CNc1ccc(S(=O)(=O)C(C)(C)C)nc1)C(N)=O. The highest BCUT2D eigenvalue weighted by Gasteiger charge is 2.32. The Morgan fingerprint density at radius 2 is 1.81 bits per heavy atom. The molecule has 0 saturated carbocycles. The van der Waals surface area contributed by atoms with Crippen LogP contribution >= 0.6 is 0 Å². The fourth-order valence-corrected chi connectivity index (χ4v) is 2.43. The van der Waals surface area contributed by atoms with Gasteiger partial charge < -0.3 is 11.1 Å². The molecule has 1 heterocycles. The molecule has 1 rings (SSSR count). The molecule has 21 heavy (non-hydrogen) atoms. The third-order valence-corrected chi connectivity index (χ3v) is 5.62. The van der Waals surface area contributed by atoms with Gasteiger partial charge in [-0.2, -0.15) is 0 Å². The lowest BCUT2D eigenvalue weighted by Gasteiger charge is -2.22. The van der Waals surface area contributed by atoms with Crippen molar-refractivity contribution in [1.82, 2.24) is 4.98 Å². The topological polar surface area (TPSA) is 102 Å². The Labute approximate surface area is 126 Å². The van der Waals surface area contributed by atoms with Crippen molar-refractivity contribution in [2.45, 2.75) is 44.4 Å². The molecular weight excluding hydrogens is 290 g/mol. The molecule has 6 nitrogen and oxygen atoms in total. The molecule has 0 radical (unpaired) electrons. The number of nitrogens with one attached hydrogen (secondary N) is 1. The molecule has 3 N–H and O–H groups in total. The van der Waals surface area contributed by atoms with Crippen LogP contribution in [0.4, 0.5) is 5.69 Å². The first-order valence-electron chi connectivity index (χ1n) is 6.62. The first kappa shape index (κ1) is 17.4. The van der Waals surface area contributed by atoms with E-state index in [1.807, 2.05) is 0 Å². The van der Waals surface area contributed by atoms with E-state index >= 15 is 0 Å². The first-order chi connectivity index (χ1) is 9.38. The summed E-state index contributed by atoms with van der Waals surface area (Å²) in [4.78, 5) is 15.2. The van der Waals surface area contributed by atoms with Gasteiger partial charge in [-0.05, 0) is 46.8 Å². The molecule has 7 heteroatoms. The molecule has 1 aromatic heterocycles. The number of sulfone groups is 1. The van der Waals surface area contributed by atoms with E-state index in [0.29, 0.717) is 12.2 Å². The number of amides is 1. The third kappa shape index (κ3) is 3.93. The fourth-order valence-electron chi connectivity index (χ4n) is 1.37. The maximum absolute atomic E-state index is 12.2. The average Bonchev–Trinajstić information content (AvgIpc) is 2.35. The molecule has 0 spiro atoms. The van der Waals surface area contributed by atoms with Crippen molar-refractivity contribution in [2.75, 3.05) is 11.9 Å². The Hall–Kier alpha value is -1.63. The van der Waals surface area contributed by atoms with Gasteiger partial charge in [0.25, 0.3) is 0 Å². The van der Waals surface area contributed by atoms with Crippen molar-refractivity contribution < 1.29 is 13.2 Å². The van der Waals surface area contributed by atoms with Crippen molar-refractivity contribution >= 4 is 21.4 Å². The largest absolute Gasteiger partial charge is 0.383 e. The minimum absolute atomic E-state index is 0.0368. The molecule has 0 bridgehead atoms. The molecule has 0 aliphatic rings. The summed E-state index contributed by atoms with van der Waals surface area (Å²) in [6, 6.07) is 3.09. The van der Waals surface area contributed by atoms with E-state index in [2.05, 4.69) is 10.3 Å². The van der Waals surface area contributed by atoms with Crippen molar-refractivity contribution in [3.8, 4) is 0 Å². The monoisotopic (exact) mass is 313 g/mol. The number of primary amides is 1. The fraction of sp³-hybridized carbons (Fsp3) is 0.571. The molecular formula is C14H23N3O3S. The second-order valence-electron chi connectivity index (χ2n) is 6.60. The number of hydrogen-bond donors (Lipinski definition) is 2. The highest BCUT2D eigenvalue weighted by molar-refractivity contribution is 7.92. The van der Waals surface area contributed by atoms with Crippen LogP contribution in [-0.2, 0) is 14.6 Å². The minimum Gasteiger partial charge on any atom is -0.383 e. The standard InChI is InChI=1S/C14H23N3O3S/c1-13(2,3)21(19,20)11-7-6-10(8-16-11)17-9-14(4,5)12(15)18/h6-8,17H,9H2,1-5H3,(H2,15,18). The summed E-state index contributed by atoms with van der Waals surface area (Å²) in [5.41, 5.74) is 5.23. The van der Waals surface area contributed by atoms with E-state index in [9.17, 15) is 13.2 Å². The number of anilines is 1. The van der Waals surface area contributed by atoms with Gasteiger partial charge in [0, 0.05) is 6.54 Å². The van der Waals surface area contributed by atoms with Gasteiger partial charge in [-0.1, -0.05) is 0 Å². The highest BCUT2D eigenvalue weighted by atomic mass is 32.2. The summed E-state index contributed by atoms with van der Waals surface area (Å²) in [5, 5.41) is 3.06. The predicted octanol–water partition coefficient (Wildman–Crippen LogP) is 1.58. The molecule has 0 aliphatic heterocycles. The van der Waals surface area contributed by atoms with Gasteiger partial charge in [0.1, 0.15) is 0 Å². The molecule has 0 atom stereocenters. The zero-order chi connectivity index (χ0) is 16.5. The lowest BCUT2D eigenvalue weighted by atomic mass is 9.93. The Morgan fingerprint density at radius 1 is 1.24 bits per heavy atom. The number of carbonyl (C=O) groups is 1. The van der Waals surface area contributed by atoms with E-state index < -0.39 is 25.9 Å². The number of hydrogen-bond acceptors (Lipinski definition) is 5.